The Morgan fingerprint density at radius 1 is 1.18 bits per heavy atom. The molecule has 0 aliphatic carbocycles. The predicted octanol–water partition coefficient (Wildman–Crippen LogP) is 4.65. The number of ether oxygens (including phenoxy) is 1. The Labute approximate surface area is 188 Å². The zero-order valence-corrected chi connectivity index (χ0v) is 18.3. The van der Waals surface area contributed by atoms with Crippen LogP contribution in [0.1, 0.15) is 41.7 Å². The van der Waals surface area contributed by atoms with E-state index in [9.17, 15) is 18.0 Å². The van der Waals surface area contributed by atoms with Gasteiger partial charge in [-0.1, -0.05) is 18.2 Å². The van der Waals surface area contributed by atoms with E-state index in [0.717, 1.165) is 28.1 Å². The van der Waals surface area contributed by atoms with Gasteiger partial charge in [0.2, 0.25) is 5.91 Å². The highest BCUT2D eigenvalue weighted by molar-refractivity contribution is 6.11. The van der Waals surface area contributed by atoms with Crippen LogP contribution in [0.5, 0.6) is 0 Å². The smallest absolute Gasteiger partial charge is 0.266 e. The summed E-state index contributed by atoms with van der Waals surface area (Å²) in [4.78, 5) is 14.9. The Kier molecular flexibility index (Phi) is 5.23. The Morgan fingerprint density at radius 2 is 1.94 bits per heavy atom. The summed E-state index contributed by atoms with van der Waals surface area (Å²) in [6, 6.07) is 7.85. The van der Waals surface area contributed by atoms with Crippen LogP contribution in [-0.4, -0.2) is 36.4 Å². The Hall–Kier alpha value is -3.20. The number of anilines is 2. The third-order valence-corrected chi connectivity index (χ3v) is 6.81. The fourth-order valence-electron chi connectivity index (χ4n) is 4.94. The largest absolute Gasteiger partial charge is 0.381 e. The summed E-state index contributed by atoms with van der Waals surface area (Å²) in [5.41, 5.74) is 1.35. The lowest BCUT2D eigenvalue weighted by molar-refractivity contribution is -0.126. The van der Waals surface area contributed by atoms with Gasteiger partial charge in [-0.15, -0.1) is 5.10 Å². The molecule has 3 heterocycles. The van der Waals surface area contributed by atoms with Crippen LogP contribution in [0.25, 0.3) is 10.8 Å². The molecule has 2 aliphatic rings. The maximum atomic E-state index is 14.5. The van der Waals surface area contributed by atoms with Gasteiger partial charge in [-0.2, -0.15) is 5.10 Å². The zero-order valence-electron chi connectivity index (χ0n) is 18.3. The Balaban J connectivity index is 1.56. The minimum Gasteiger partial charge on any atom is -0.381 e. The van der Waals surface area contributed by atoms with Gasteiger partial charge >= 0.3 is 0 Å². The second-order valence-electron chi connectivity index (χ2n) is 8.58. The van der Waals surface area contributed by atoms with Gasteiger partial charge in [0.15, 0.2) is 5.82 Å². The van der Waals surface area contributed by atoms with Crippen molar-refractivity contribution in [1.29, 1.82) is 0 Å². The second-order valence-corrected chi connectivity index (χ2v) is 8.58. The number of carbonyl (C=O) groups excluding carboxylic acids is 1. The quantitative estimate of drug-likeness (QED) is 0.619. The molecule has 3 aromatic rings. The minimum absolute atomic E-state index is 0.0354. The van der Waals surface area contributed by atoms with Crippen LogP contribution < -0.4 is 10.2 Å². The lowest BCUT2D eigenvalue weighted by Gasteiger charge is -2.32. The van der Waals surface area contributed by atoms with E-state index in [2.05, 4.69) is 15.5 Å². The summed E-state index contributed by atoms with van der Waals surface area (Å²) < 4.78 is 46.1. The number of alkyl halides is 2. The fourth-order valence-corrected chi connectivity index (χ4v) is 4.94. The van der Waals surface area contributed by atoms with Gasteiger partial charge in [-0.3, -0.25) is 4.79 Å². The number of aryl methyl sites for hydroxylation is 1. The van der Waals surface area contributed by atoms with E-state index in [1.165, 1.54) is 12.1 Å². The van der Waals surface area contributed by atoms with Crippen molar-refractivity contribution in [2.75, 3.05) is 30.5 Å². The molecule has 0 unspecified atom stereocenters. The molecular weight excluding hydrogens is 433 g/mol. The van der Waals surface area contributed by atoms with Crippen LogP contribution in [0.2, 0.25) is 0 Å². The van der Waals surface area contributed by atoms with E-state index in [1.54, 1.807) is 11.9 Å². The molecule has 1 saturated heterocycles. The highest BCUT2D eigenvalue weighted by atomic mass is 19.3. The van der Waals surface area contributed by atoms with Crippen LogP contribution in [0.15, 0.2) is 30.3 Å². The van der Waals surface area contributed by atoms with Crippen molar-refractivity contribution >= 4 is 28.2 Å². The summed E-state index contributed by atoms with van der Waals surface area (Å²) in [7, 11) is 1.76. The van der Waals surface area contributed by atoms with E-state index in [1.807, 2.05) is 19.1 Å². The van der Waals surface area contributed by atoms with Crippen molar-refractivity contribution in [3.63, 3.8) is 0 Å². The van der Waals surface area contributed by atoms with Crippen LogP contribution >= 0.6 is 0 Å². The predicted molar refractivity (Wildman–Crippen MR) is 118 cm³/mol. The first-order chi connectivity index (χ1) is 15.8. The number of halogens is 3. The first kappa shape index (κ1) is 21.6. The second kappa shape index (κ2) is 7.98. The number of hydrogen-bond donors (Lipinski definition) is 1. The molecule has 1 amide bonds. The van der Waals surface area contributed by atoms with E-state index < -0.39 is 23.2 Å². The van der Waals surface area contributed by atoms with E-state index in [4.69, 9.17) is 4.74 Å². The summed E-state index contributed by atoms with van der Waals surface area (Å²) in [5, 5.41) is 13.1. The highest BCUT2D eigenvalue weighted by Crippen LogP contribution is 2.49. The van der Waals surface area contributed by atoms with Crippen LogP contribution in [0, 0.1) is 12.7 Å². The fraction of sp³-hybridized carbons (Fsp3) is 0.375. The Bertz CT molecular complexity index is 1260. The molecule has 6 nitrogen and oxygen atoms in total. The molecule has 2 aromatic carbocycles. The van der Waals surface area contributed by atoms with Crippen molar-refractivity contribution in [2.24, 2.45) is 0 Å². The molecule has 33 heavy (non-hydrogen) atoms. The van der Waals surface area contributed by atoms with Crippen molar-refractivity contribution in [2.45, 2.75) is 38.2 Å². The molecule has 5 rings (SSSR count). The van der Waals surface area contributed by atoms with E-state index in [0.29, 0.717) is 37.6 Å². The monoisotopic (exact) mass is 456 g/mol. The normalized spacial score (nSPS) is 17.3. The summed E-state index contributed by atoms with van der Waals surface area (Å²) in [6.07, 6.45) is -1.65. The van der Waals surface area contributed by atoms with Gasteiger partial charge in [0.05, 0.1) is 16.7 Å². The lowest BCUT2D eigenvalue weighted by Crippen LogP contribution is -2.42. The average Bonchev–Trinajstić information content (AvgIpc) is 3.00. The van der Waals surface area contributed by atoms with Gasteiger partial charge in [0, 0.05) is 48.8 Å². The molecule has 172 valence electrons. The molecular formula is C24H23F3N4O2. The first-order valence-electron chi connectivity index (χ1n) is 10.8. The zero-order chi connectivity index (χ0) is 23.3. The summed E-state index contributed by atoms with van der Waals surface area (Å²) >= 11 is 0. The first-order valence-corrected chi connectivity index (χ1v) is 10.8. The van der Waals surface area contributed by atoms with E-state index in [-0.39, 0.29) is 18.0 Å². The third kappa shape index (κ3) is 3.33. The van der Waals surface area contributed by atoms with Crippen LogP contribution in [0.3, 0.4) is 0 Å². The van der Waals surface area contributed by atoms with E-state index >= 15 is 0 Å². The average molecular weight is 456 g/mol. The van der Waals surface area contributed by atoms with Crippen molar-refractivity contribution < 1.29 is 22.7 Å². The van der Waals surface area contributed by atoms with Gasteiger partial charge in [0.1, 0.15) is 5.82 Å². The number of hydrogen-bond acceptors (Lipinski definition) is 5. The molecule has 1 aromatic heterocycles. The van der Waals surface area contributed by atoms with Gasteiger partial charge in [0.25, 0.3) is 6.43 Å². The number of nitrogens with one attached hydrogen (secondary N) is 1. The molecule has 0 bridgehead atoms. The minimum atomic E-state index is -2.89. The number of likely N-dealkylation sites (N-methyl/N-ethyl adjacent to an activating group) is 1. The van der Waals surface area contributed by atoms with Crippen molar-refractivity contribution in [1.82, 2.24) is 10.2 Å². The van der Waals surface area contributed by atoms with Crippen LogP contribution in [0.4, 0.5) is 24.7 Å². The summed E-state index contributed by atoms with van der Waals surface area (Å²) in [5.74, 6) is -0.485. The molecule has 1 spiro atoms. The van der Waals surface area contributed by atoms with Gasteiger partial charge in [-0.25, -0.2) is 13.2 Å². The number of rotatable bonds is 4. The SMILES string of the molecule is Cc1nnc(NCc2cccc(C(F)F)c2F)c2cc3c(cc12)C1(CCOCC1)C(=O)N3C. The number of benzene rings is 2. The molecule has 0 atom stereocenters. The maximum Gasteiger partial charge on any atom is 0.266 e. The summed E-state index contributed by atoms with van der Waals surface area (Å²) in [6.45, 7) is 2.86. The third-order valence-electron chi connectivity index (χ3n) is 6.81. The van der Waals surface area contributed by atoms with Crippen molar-refractivity contribution in [3.05, 3.63) is 58.5 Å². The highest BCUT2D eigenvalue weighted by Gasteiger charge is 2.50. The standard InChI is InChI=1S/C24H23F3N4O2/c1-13-16-10-18-19(31(2)23(32)24(18)6-8-33-9-7-24)11-17(16)22(30-29-13)28-12-14-4-3-5-15(20(14)25)21(26)27/h3-5,10-11,21H,6-9,12H2,1-2H3,(H,28,30). The number of amides is 1. The molecule has 2 aliphatic heterocycles. The maximum absolute atomic E-state index is 14.5. The molecule has 9 heteroatoms. The lowest BCUT2D eigenvalue weighted by atomic mass is 9.74. The van der Waals surface area contributed by atoms with Gasteiger partial charge in [-0.05, 0) is 37.5 Å². The van der Waals surface area contributed by atoms with Crippen molar-refractivity contribution in [3.8, 4) is 0 Å². The van der Waals surface area contributed by atoms with Crippen LogP contribution in [-0.2, 0) is 21.5 Å². The molecule has 0 radical (unpaired) electrons. The number of carbonyl (C=O) groups is 1. The number of nitrogens with zero attached hydrogens (tertiary/aromatic N) is 3. The number of fused-ring (bicyclic) bond motifs is 3. The molecule has 1 N–H and O–H groups in total. The Morgan fingerprint density at radius 3 is 2.67 bits per heavy atom. The molecule has 1 fully saturated rings. The van der Waals surface area contributed by atoms with Gasteiger partial charge < -0.3 is 15.0 Å². The topological polar surface area (TPSA) is 67.4 Å². The number of aromatic nitrogens is 2. The molecule has 0 saturated carbocycles.